The molecular weight excluding hydrogens is 230 g/mol. The Labute approximate surface area is 118 Å². The third-order valence-electron chi connectivity index (χ3n) is 3.11. The molecule has 0 saturated heterocycles. The van der Waals surface area contributed by atoms with Gasteiger partial charge in [0.2, 0.25) is 0 Å². The van der Waals surface area contributed by atoms with Crippen LogP contribution in [0.2, 0.25) is 0 Å². The molecule has 1 rings (SSSR count). The average molecular weight is 257 g/mol. The summed E-state index contributed by atoms with van der Waals surface area (Å²) in [6, 6.07) is 9.04. The third-order valence-corrected chi connectivity index (χ3v) is 3.11. The third kappa shape index (κ3) is 5.09. The topological polar surface area (TPSA) is 12.0 Å². The van der Waals surface area contributed by atoms with Crippen LogP contribution in [0, 0.1) is 12.3 Å². The Balaban J connectivity index is 2.96. The van der Waals surface area contributed by atoms with E-state index < -0.39 is 0 Å². The SMILES string of the molecule is C#CC[C@@H](NC(C)(C)C)c1ccc(C(C)(C)C)cc1. The lowest BCUT2D eigenvalue weighted by molar-refractivity contribution is 0.366. The van der Waals surface area contributed by atoms with Gasteiger partial charge in [-0.15, -0.1) is 12.3 Å². The Morgan fingerprint density at radius 1 is 1.05 bits per heavy atom. The van der Waals surface area contributed by atoms with Gasteiger partial charge >= 0.3 is 0 Å². The lowest BCUT2D eigenvalue weighted by Gasteiger charge is -2.28. The summed E-state index contributed by atoms with van der Waals surface area (Å²) >= 11 is 0. The van der Waals surface area contributed by atoms with E-state index in [1.807, 2.05) is 0 Å². The first kappa shape index (κ1) is 15.8. The highest BCUT2D eigenvalue weighted by atomic mass is 15.0. The first-order chi connectivity index (χ1) is 8.63. The summed E-state index contributed by atoms with van der Waals surface area (Å²) in [6.07, 6.45) is 6.21. The summed E-state index contributed by atoms with van der Waals surface area (Å²) in [5.74, 6) is 2.77. The summed E-state index contributed by atoms with van der Waals surface area (Å²) in [5, 5.41) is 3.59. The summed E-state index contributed by atoms with van der Waals surface area (Å²) < 4.78 is 0. The van der Waals surface area contributed by atoms with Crippen molar-refractivity contribution >= 4 is 0 Å². The van der Waals surface area contributed by atoms with Gasteiger partial charge in [-0.05, 0) is 37.3 Å². The molecule has 0 aliphatic heterocycles. The Kier molecular flexibility index (Phi) is 4.82. The Hall–Kier alpha value is -1.26. The van der Waals surface area contributed by atoms with E-state index in [4.69, 9.17) is 6.42 Å². The fourth-order valence-corrected chi connectivity index (χ4v) is 2.11. The van der Waals surface area contributed by atoms with Crippen molar-refractivity contribution < 1.29 is 0 Å². The fraction of sp³-hybridized carbons (Fsp3) is 0.556. The molecule has 0 aromatic heterocycles. The van der Waals surface area contributed by atoms with Gasteiger partial charge in [0.1, 0.15) is 0 Å². The van der Waals surface area contributed by atoms with Crippen molar-refractivity contribution in [2.75, 3.05) is 0 Å². The molecule has 19 heavy (non-hydrogen) atoms. The van der Waals surface area contributed by atoms with E-state index in [-0.39, 0.29) is 17.0 Å². The van der Waals surface area contributed by atoms with Crippen LogP contribution in [0.1, 0.15) is 65.1 Å². The van der Waals surface area contributed by atoms with Gasteiger partial charge in [-0.2, -0.15) is 0 Å². The van der Waals surface area contributed by atoms with Crippen LogP contribution in [0.15, 0.2) is 24.3 Å². The lowest BCUT2D eigenvalue weighted by Crippen LogP contribution is -2.38. The maximum Gasteiger partial charge on any atom is 0.0434 e. The van der Waals surface area contributed by atoms with Gasteiger partial charge in [0.25, 0.3) is 0 Å². The molecule has 1 aromatic rings. The first-order valence-corrected chi connectivity index (χ1v) is 6.95. The number of hydrogen-bond acceptors (Lipinski definition) is 1. The second-order valence-electron chi connectivity index (χ2n) is 7.23. The second kappa shape index (κ2) is 5.80. The summed E-state index contributed by atoms with van der Waals surface area (Å²) in [7, 11) is 0. The molecule has 1 heteroatoms. The zero-order chi connectivity index (χ0) is 14.7. The van der Waals surface area contributed by atoms with Gasteiger partial charge in [0.05, 0.1) is 0 Å². The van der Waals surface area contributed by atoms with Gasteiger partial charge in [0.15, 0.2) is 0 Å². The van der Waals surface area contributed by atoms with Gasteiger partial charge in [-0.25, -0.2) is 0 Å². The largest absolute Gasteiger partial charge is 0.304 e. The molecule has 0 fully saturated rings. The molecule has 0 spiro atoms. The predicted molar refractivity (Wildman–Crippen MR) is 84.2 cm³/mol. The van der Waals surface area contributed by atoms with Crippen LogP contribution in [0.5, 0.6) is 0 Å². The van der Waals surface area contributed by atoms with Crippen LogP contribution in [-0.2, 0) is 5.41 Å². The molecule has 0 radical (unpaired) electrons. The first-order valence-electron chi connectivity index (χ1n) is 6.95. The molecule has 0 aliphatic rings. The highest BCUT2D eigenvalue weighted by Gasteiger charge is 2.19. The highest BCUT2D eigenvalue weighted by molar-refractivity contribution is 5.30. The van der Waals surface area contributed by atoms with E-state index in [1.165, 1.54) is 11.1 Å². The lowest BCUT2D eigenvalue weighted by atomic mass is 9.86. The van der Waals surface area contributed by atoms with E-state index in [9.17, 15) is 0 Å². The normalized spacial score (nSPS) is 13.9. The van der Waals surface area contributed by atoms with Crippen molar-refractivity contribution in [2.24, 2.45) is 0 Å². The molecule has 0 amide bonds. The van der Waals surface area contributed by atoms with Crippen molar-refractivity contribution in [3.05, 3.63) is 35.4 Å². The molecule has 0 saturated carbocycles. The van der Waals surface area contributed by atoms with Crippen LogP contribution < -0.4 is 5.32 Å². The minimum atomic E-state index is 0.0597. The summed E-state index contributed by atoms with van der Waals surface area (Å²) in [6.45, 7) is 13.2. The number of terminal acetylenes is 1. The van der Waals surface area contributed by atoms with Gasteiger partial charge in [0, 0.05) is 18.0 Å². The minimum Gasteiger partial charge on any atom is -0.304 e. The number of rotatable bonds is 3. The number of hydrogen-bond donors (Lipinski definition) is 1. The molecule has 0 unspecified atom stereocenters. The van der Waals surface area contributed by atoms with Crippen molar-refractivity contribution in [3.8, 4) is 12.3 Å². The van der Waals surface area contributed by atoms with E-state index in [1.54, 1.807) is 0 Å². The van der Waals surface area contributed by atoms with Crippen LogP contribution in [-0.4, -0.2) is 5.54 Å². The van der Waals surface area contributed by atoms with E-state index >= 15 is 0 Å². The van der Waals surface area contributed by atoms with E-state index in [2.05, 4.69) is 77.0 Å². The highest BCUT2D eigenvalue weighted by Crippen LogP contribution is 2.25. The van der Waals surface area contributed by atoms with Crippen LogP contribution >= 0.6 is 0 Å². The molecule has 0 bridgehead atoms. The molecule has 1 aromatic carbocycles. The smallest absolute Gasteiger partial charge is 0.0434 e. The summed E-state index contributed by atoms with van der Waals surface area (Å²) in [4.78, 5) is 0. The van der Waals surface area contributed by atoms with Crippen molar-refractivity contribution in [1.29, 1.82) is 0 Å². The standard InChI is InChI=1S/C18H27N/c1-8-9-16(19-18(5,6)7)14-10-12-15(13-11-14)17(2,3)4/h1,10-13,16,19H,9H2,2-7H3/t16-/m1/s1. The van der Waals surface area contributed by atoms with Crippen LogP contribution in [0.25, 0.3) is 0 Å². The van der Waals surface area contributed by atoms with Crippen LogP contribution in [0.3, 0.4) is 0 Å². The zero-order valence-electron chi connectivity index (χ0n) is 13.2. The molecule has 1 nitrogen and oxygen atoms in total. The molecule has 0 aliphatic carbocycles. The maximum absolute atomic E-state index is 5.49. The van der Waals surface area contributed by atoms with Crippen molar-refractivity contribution in [1.82, 2.24) is 5.32 Å². The fourth-order valence-electron chi connectivity index (χ4n) is 2.11. The Morgan fingerprint density at radius 3 is 1.95 bits per heavy atom. The van der Waals surface area contributed by atoms with Gasteiger partial charge in [-0.1, -0.05) is 45.0 Å². The van der Waals surface area contributed by atoms with Crippen LogP contribution in [0.4, 0.5) is 0 Å². The number of benzene rings is 1. The monoisotopic (exact) mass is 257 g/mol. The Bertz CT molecular complexity index is 435. The van der Waals surface area contributed by atoms with Gasteiger partial charge < -0.3 is 5.32 Å². The number of nitrogens with one attached hydrogen (secondary N) is 1. The van der Waals surface area contributed by atoms with E-state index in [0.717, 1.165) is 0 Å². The van der Waals surface area contributed by atoms with Gasteiger partial charge in [-0.3, -0.25) is 0 Å². The maximum atomic E-state index is 5.49. The molecule has 1 N–H and O–H groups in total. The average Bonchev–Trinajstić information content (AvgIpc) is 2.26. The molecular formula is C18H27N. The van der Waals surface area contributed by atoms with Crippen molar-refractivity contribution in [3.63, 3.8) is 0 Å². The quantitative estimate of drug-likeness (QED) is 0.790. The zero-order valence-corrected chi connectivity index (χ0v) is 13.2. The summed E-state index contributed by atoms with van der Waals surface area (Å²) in [5.41, 5.74) is 2.87. The minimum absolute atomic E-state index is 0.0597. The predicted octanol–water partition coefficient (Wildman–Crippen LogP) is 4.44. The molecule has 1 atom stereocenters. The molecule has 104 valence electrons. The van der Waals surface area contributed by atoms with Crippen molar-refractivity contribution in [2.45, 2.75) is 65.0 Å². The molecule has 0 heterocycles. The van der Waals surface area contributed by atoms with E-state index in [0.29, 0.717) is 6.42 Å². The Morgan fingerprint density at radius 2 is 1.58 bits per heavy atom. The second-order valence-corrected chi connectivity index (χ2v) is 7.23.